The Balaban J connectivity index is 1.64. The highest BCUT2D eigenvalue weighted by atomic mass is 16.3. The van der Waals surface area contributed by atoms with Crippen molar-refractivity contribution in [2.45, 2.75) is 57.1 Å². The molecule has 1 N–H and O–H groups in total. The lowest BCUT2D eigenvalue weighted by Crippen LogP contribution is -2.21. The zero-order valence-corrected chi connectivity index (χ0v) is 15.9. The van der Waals surface area contributed by atoms with Crippen molar-refractivity contribution < 1.29 is 5.11 Å². The predicted molar refractivity (Wildman–Crippen MR) is 112 cm³/mol. The number of hydrogen-bond donors (Lipinski definition) is 1. The molecule has 4 rings (SSSR count). The summed E-state index contributed by atoms with van der Waals surface area (Å²) in [5, 5.41) is 10.7. The van der Waals surface area contributed by atoms with E-state index in [0.717, 1.165) is 32.1 Å². The molecule has 1 heterocycles. The van der Waals surface area contributed by atoms with Crippen LogP contribution < -0.4 is 0 Å². The molecule has 0 amide bonds. The number of benzene rings is 2. The van der Waals surface area contributed by atoms with Gasteiger partial charge in [-0.2, -0.15) is 0 Å². The maximum atomic E-state index is 10.7. The zero-order valence-electron chi connectivity index (χ0n) is 15.9. The molecule has 1 fully saturated rings. The Morgan fingerprint density at radius 1 is 0.778 bits per heavy atom. The normalized spacial score (nSPS) is 20.3. The van der Waals surface area contributed by atoms with Gasteiger partial charge in [0.25, 0.3) is 0 Å². The van der Waals surface area contributed by atoms with Gasteiger partial charge in [-0.1, -0.05) is 79.9 Å². The summed E-state index contributed by atoms with van der Waals surface area (Å²) in [6.45, 7) is 0. The van der Waals surface area contributed by atoms with E-state index in [0.29, 0.717) is 0 Å². The van der Waals surface area contributed by atoms with Gasteiger partial charge in [-0.05, 0) is 42.4 Å². The number of nitrogens with zero attached hydrogens (tertiary/aromatic N) is 1. The Morgan fingerprint density at radius 2 is 1.48 bits per heavy atom. The Hall–Kier alpha value is -2.32. The lowest BCUT2D eigenvalue weighted by atomic mass is 9.99. The van der Waals surface area contributed by atoms with Crippen molar-refractivity contribution in [1.29, 1.82) is 0 Å². The Labute approximate surface area is 162 Å². The van der Waals surface area contributed by atoms with Gasteiger partial charge in [-0.25, -0.2) is 0 Å². The standard InChI is InChI=1S/C25H29NO/c27-25-15-9-3-8-14-24(25)26-18-22(17-16-20-10-4-1-5-11-20)23(19-26)21-12-6-2-7-13-21/h1-2,4-7,10-13,18-19,24-25,27H,3,8-9,14-17H2/t24-,25+/m1/s1. The number of aliphatic hydroxyl groups is 1. The molecule has 1 aliphatic carbocycles. The fourth-order valence-electron chi connectivity index (χ4n) is 4.33. The first-order valence-electron chi connectivity index (χ1n) is 10.3. The average Bonchev–Trinajstić information content (AvgIpc) is 3.02. The second-order valence-electron chi connectivity index (χ2n) is 7.77. The van der Waals surface area contributed by atoms with E-state index in [1.807, 2.05) is 0 Å². The van der Waals surface area contributed by atoms with Crippen molar-refractivity contribution in [2.24, 2.45) is 0 Å². The number of hydrogen-bond acceptors (Lipinski definition) is 1. The van der Waals surface area contributed by atoms with Crippen LogP contribution in [-0.4, -0.2) is 15.8 Å². The molecule has 2 heteroatoms. The lowest BCUT2D eigenvalue weighted by molar-refractivity contribution is 0.105. The van der Waals surface area contributed by atoms with Crippen LogP contribution >= 0.6 is 0 Å². The van der Waals surface area contributed by atoms with Crippen LogP contribution in [0.15, 0.2) is 73.1 Å². The van der Waals surface area contributed by atoms with Gasteiger partial charge in [0, 0.05) is 18.0 Å². The Morgan fingerprint density at radius 3 is 2.26 bits per heavy atom. The minimum Gasteiger partial charge on any atom is -0.391 e. The van der Waals surface area contributed by atoms with Crippen LogP contribution in [0.1, 0.15) is 49.3 Å². The minimum absolute atomic E-state index is 0.209. The number of rotatable bonds is 5. The van der Waals surface area contributed by atoms with Crippen LogP contribution in [-0.2, 0) is 12.8 Å². The van der Waals surface area contributed by atoms with Crippen LogP contribution in [0.4, 0.5) is 0 Å². The maximum Gasteiger partial charge on any atom is 0.0747 e. The highest BCUT2D eigenvalue weighted by molar-refractivity contribution is 5.67. The highest BCUT2D eigenvalue weighted by Crippen LogP contribution is 2.33. The van der Waals surface area contributed by atoms with E-state index in [9.17, 15) is 5.11 Å². The topological polar surface area (TPSA) is 25.2 Å². The average molecular weight is 360 g/mol. The van der Waals surface area contributed by atoms with Gasteiger partial charge in [-0.15, -0.1) is 0 Å². The first-order chi connectivity index (χ1) is 13.3. The van der Waals surface area contributed by atoms with E-state index in [-0.39, 0.29) is 12.1 Å². The van der Waals surface area contributed by atoms with E-state index in [1.165, 1.54) is 35.1 Å². The molecule has 0 unspecified atom stereocenters. The molecule has 1 saturated carbocycles. The zero-order chi connectivity index (χ0) is 18.5. The second kappa shape index (κ2) is 8.58. The van der Waals surface area contributed by atoms with Crippen molar-refractivity contribution in [2.75, 3.05) is 0 Å². The van der Waals surface area contributed by atoms with E-state index in [4.69, 9.17) is 0 Å². The van der Waals surface area contributed by atoms with Crippen LogP contribution in [0, 0.1) is 0 Å². The molecule has 2 atom stereocenters. The van der Waals surface area contributed by atoms with Gasteiger partial charge in [0.1, 0.15) is 0 Å². The van der Waals surface area contributed by atoms with Crippen LogP contribution in [0.5, 0.6) is 0 Å². The third-order valence-corrected chi connectivity index (χ3v) is 5.87. The third-order valence-electron chi connectivity index (χ3n) is 5.87. The quantitative estimate of drug-likeness (QED) is 0.572. The molecular formula is C25H29NO. The van der Waals surface area contributed by atoms with Gasteiger partial charge in [-0.3, -0.25) is 0 Å². The molecule has 0 saturated heterocycles. The molecular weight excluding hydrogens is 330 g/mol. The van der Waals surface area contributed by atoms with E-state index in [2.05, 4.69) is 77.6 Å². The summed E-state index contributed by atoms with van der Waals surface area (Å²) in [4.78, 5) is 0. The van der Waals surface area contributed by atoms with Crippen molar-refractivity contribution >= 4 is 0 Å². The van der Waals surface area contributed by atoms with Gasteiger partial charge >= 0.3 is 0 Å². The molecule has 140 valence electrons. The van der Waals surface area contributed by atoms with Crippen LogP contribution in [0.2, 0.25) is 0 Å². The van der Waals surface area contributed by atoms with Gasteiger partial charge < -0.3 is 9.67 Å². The van der Waals surface area contributed by atoms with Gasteiger partial charge in [0.2, 0.25) is 0 Å². The number of aliphatic hydroxyl groups excluding tert-OH is 1. The molecule has 1 aromatic heterocycles. The summed E-state index contributed by atoms with van der Waals surface area (Å²) >= 11 is 0. The summed E-state index contributed by atoms with van der Waals surface area (Å²) in [7, 11) is 0. The fourth-order valence-corrected chi connectivity index (χ4v) is 4.33. The summed E-state index contributed by atoms with van der Waals surface area (Å²) in [5.74, 6) is 0. The first-order valence-corrected chi connectivity index (χ1v) is 10.3. The van der Waals surface area contributed by atoms with Crippen molar-refractivity contribution in [3.8, 4) is 11.1 Å². The monoisotopic (exact) mass is 359 g/mol. The first kappa shape index (κ1) is 18.1. The summed E-state index contributed by atoms with van der Waals surface area (Å²) in [6.07, 6.45) is 12.0. The smallest absolute Gasteiger partial charge is 0.0747 e. The minimum atomic E-state index is -0.231. The SMILES string of the molecule is O[C@H]1CCCCC[C@H]1n1cc(CCc2ccccc2)c(-c2ccccc2)c1. The molecule has 2 aromatic carbocycles. The largest absolute Gasteiger partial charge is 0.391 e. The van der Waals surface area contributed by atoms with Crippen molar-refractivity contribution in [3.05, 3.63) is 84.2 Å². The third kappa shape index (κ3) is 4.33. The van der Waals surface area contributed by atoms with Crippen LogP contribution in [0.25, 0.3) is 11.1 Å². The number of aromatic nitrogens is 1. The molecule has 0 bridgehead atoms. The van der Waals surface area contributed by atoms with Crippen molar-refractivity contribution in [1.82, 2.24) is 4.57 Å². The molecule has 1 aliphatic rings. The lowest BCUT2D eigenvalue weighted by Gasteiger charge is -2.22. The Bertz CT molecular complexity index is 837. The fraction of sp³-hybridized carbons (Fsp3) is 0.360. The van der Waals surface area contributed by atoms with E-state index >= 15 is 0 Å². The maximum absolute atomic E-state index is 10.7. The predicted octanol–water partition coefficient (Wildman–Crippen LogP) is 5.81. The highest BCUT2D eigenvalue weighted by Gasteiger charge is 2.24. The molecule has 0 aliphatic heterocycles. The second-order valence-corrected chi connectivity index (χ2v) is 7.77. The summed E-state index contributed by atoms with van der Waals surface area (Å²) < 4.78 is 2.30. The molecule has 0 radical (unpaired) electrons. The Kier molecular flexibility index (Phi) is 5.74. The summed E-state index contributed by atoms with van der Waals surface area (Å²) in [5.41, 5.74) is 5.32. The molecule has 3 aromatic rings. The van der Waals surface area contributed by atoms with Crippen LogP contribution in [0.3, 0.4) is 0 Å². The van der Waals surface area contributed by atoms with E-state index < -0.39 is 0 Å². The van der Waals surface area contributed by atoms with Gasteiger partial charge in [0.15, 0.2) is 0 Å². The summed E-state index contributed by atoms with van der Waals surface area (Å²) in [6, 6.07) is 21.6. The van der Waals surface area contributed by atoms with Crippen molar-refractivity contribution in [3.63, 3.8) is 0 Å². The molecule has 2 nitrogen and oxygen atoms in total. The molecule has 27 heavy (non-hydrogen) atoms. The van der Waals surface area contributed by atoms with Gasteiger partial charge in [0.05, 0.1) is 12.1 Å². The van der Waals surface area contributed by atoms with E-state index in [1.54, 1.807) is 0 Å². The number of aryl methyl sites for hydroxylation is 2. The molecule has 0 spiro atoms.